The Morgan fingerprint density at radius 2 is 1.90 bits per heavy atom. The van der Waals surface area contributed by atoms with E-state index >= 15 is 0 Å². The zero-order valence-electron chi connectivity index (χ0n) is 12.8. The predicted octanol–water partition coefficient (Wildman–Crippen LogP) is 1.55. The molecule has 116 valence electrons. The van der Waals surface area contributed by atoms with Crippen molar-refractivity contribution in [1.82, 2.24) is 15.3 Å². The van der Waals surface area contributed by atoms with Crippen molar-refractivity contribution >= 4 is 17.7 Å². The minimum absolute atomic E-state index is 0.130. The minimum Gasteiger partial charge on any atom is -0.444 e. The van der Waals surface area contributed by atoms with E-state index in [0.29, 0.717) is 11.6 Å². The third-order valence-corrected chi connectivity index (χ3v) is 3.16. The molecule has 21 heavy (non-hydrogen) atoms. The molecule has 0 radical (unpaired) electrons. The van der Waals surface area contributed by atoms with E-state index in [-0.39, 0.29) is 12.1 Å². The first-order valence-electron chi connectivity index (χ1n) is 7.15. The summed E-state index contributed by atoms with van der Waals surface area (Å²) in [5.41, 5.74) is 5.66. The molecule has 2 heterocycles. The fourth-order valence-electron chi connectivity index (χ4n) is 2.19. The first-order valence-corrected chi connectivity index (χ1v) is 7.15. The van der Waals surface area contributed by atoms with Crippen LogP contribution in [0.15, 0.2) is 12.4 Å². The van der Waals surface area contributed by atoms with Gasteiger partial charge in [-0.1, -0.05) is 0 Å². The summed E-state index contributed by atoms with van der Waals surface area (Å²) in [6.45, 7) is 7.16. The number of aromatic nitrogens is 2. The van der Waals surface area contributed by atoms with Gasteiger partial charge in [-0.2, -0.15) is 0 Å². The lowest BCUT2D eigenvalue weighted by molar-refractivity contribution is 0.0497. The number of anilines is 2. The van der Waals surface area contributed by atoms with Gasteiger partial charge in [-0.3, -0.25) is 0 Å². The molecule has 1 amide bonds. The smallest absolute Gasteiger partial charge is 0.407 e. The van der Waals surface area contributed by atoms with E-state index in [2.05, 4.69) is 20.2 Å². The maximum atomic E-state index is 11.7. The summed E-state index contributed by atoms with van der Waals surface area (Å²) in [7, 11) is 0. The fraction of sp³-hybridized carbons (Fsp3) is 0.643. The molecule has 7 nitrogen and oxygen atoms in total. The van der Waals surface area contributed by atoms with Gasteiger partial charge in [0.1, 0.15) is 5.60 Å². The normalized spacial score (nSPS) is 16.6. The number of nitrogens with two attached hydrogens (primary N) is 1. The van der Waals surface area contributed by atoms with Crippen molar-refractivity contribution in [3.8, 4) is 0 Å². The van der Waals surface area contributed by atoms with Gasteiger partial charge in [-0.05, 0) is 33.6 Å². The maximum Gasteiger partial charge on any atom is 0.407 e. The number of carbonyl (C=O) groups excluding carboxylic acids is 1. The molecule has 0 atom stereocenters. The Hall–Kier alpha value is -2.05. The number of rotatable bonds is 2. The average molecular weight is 293 g/mol. The number of ether oxygens (including phenoxy) is 1. The topological polar surface area (TPSA) is 93.4 Å². The van der Waals surface area contributed by atoms with E-state index in [9.17, 15) is 4.79 Å². The van der Waals surface area contributed by atoms with Gasteiger partial charge in [0.2, 0.25) is 5.95 Å². The van der Waals surface area contributed by atoms with Crippen LogP contribution in [0.5, 0.6) is 0 Å². The van der Waals surface area contributed by atoms with Gasteiger partial charge >= 0.3 is 6.09 Å². The molecule has 1 aromatic heterocycles. The van der Waals surface area contributed by atoms with Crippen LogP contribution in [0.4, 0.5) is 16.4 Å². The molecular formula is C14H23N5O2. The van der Waals surface area contributed by atoms with E-state index in [1.54, 1.807) is 12.4 Å². The van der Waals surface area contributed by atoms with E-state index in [4.69, 9.17) is 10.5 Å². The van der Waals surface area contributed by atoms with Crippen molar-refractivity contribution in [1.29, 1.82) is 0 Å². The third kappa shape index (κ3) is 4.77. The number of nitrogens with one attached hydrogen (secondary N) is 1. The summed E-state index contributed by atoms with van der Waals surface area (Å²) < 4.78 is 5.26. The van der Waals surface area contributed by atoms with Crippen LogP contribution < -0.4 is 16.0 Å². The van der Waals surface area contributed by atoms with Gasteiger partial charge in [-0.15, -0.1) is 0 Å². The highest BCUT2D eigenvalue weighted by molar-refractivity contribution is 5.68. The molecule has 0 aromatic carbocycles. The molecule has 1 fully saturated rings. The van der Waals surface area contributed by atoms with Gasteiger partial charge in [0.15, 0.2) is 0 Å². The monoisotopic (exact) mass is 293 g/mol. The molecule has 1 saturated heterocycles. The Morgan fingerprint density at radius 3 is 2.43 bits per heavy atom. The van der Waals surface area contributed by atoms with E-state index < -0.39 is 5.60 Å². The van der Waals surface area contributed by atoms with Gasteiger partial charge in [0.25, 0.3) is 0 Å². The second kappa shape index (κ2) is 6.15. The quantitative estimate of drug-likeness (QED) is 0.859. The molecule has 1 aliphatic rings. The Bertz CT molecular complexity index is 475. The standard InChI is InChI=1S/C14H23N5O2/c1-14(2,3)21-13(20)18-11-4-6-19(7-5-11)12-16-8-10(15)9-17-12/h8-9,11H,4-7,15H2,1-3H3,(H,18,20). The Balaban J connectivity index is 1.80. The van der Waals surface area contributed by atoms with Crippen LogP contribution in [0.3, 0.4) is 0 Å². The van der Waals surface area contributed by atoms with Crippen LogP contribution in [0, 0.1) is 0 Å². The zero-order chi connectivity index (χ0) is 15.5. The summed E-state index contributed by atoms with van der Waals surface area (Å²) in [4.78, 5) is 22.2. The summed E-state index contributed by atoms with van der Waals surface area (Å²) in [6.07, 6.45) is 4.53. The fourth-order valence-corrected chi connectivity index (χ4v) is 2.19. The van der Waals surface area contributed by atoms with Crippen molar-refractivity contribution in [2.45, 2.75) is 45.3 Å². The lowest BCUT2D eigenvalue weighted by atomic mass is 10.1. The van der Waals surface area contributed by atoms with Crippen molar-refractivity contribution in [2.24, 2.45) is 0 Å². The molecule has 1 aromatic rings. The van der Waals surface area contributed by atoms with Crippen molar-refractivity contribution in [3.63, 3.8) is 0 Å². The second-order valence-corrected chi connectivity index (χ2v) is 6.22. The summed E-state index contributed by atoms with van der Waals surface area (Å²) in [5.74, 6) is 0.680. The Kier molecular flexibility index (Phi) is 4.50. The molecule has 0 bridgehead atoms. The van der Waals surface area contributed by atoms with Crippen LogP contribution in [0.1, 0.15) is 33.6 Å². The molecule has 0 unspecified atom stereocenters. The van der Waals surface area contributed by atoms with E-state index in [0.717, 1.165) is 25.9 Å². The van der Waals surface area contributed by atoms with Gasteiger partial charge < -0.3 is 20.7 Å². The largest absolute Gasteiger partial charge is 0.444 e. The lowest BCUT2D eigenvalue weighted by Crippen LogP contribution is -2.46. The average Bonchev–Trinajstić information content (AvgIpc) is 2.38. The minimum atomic E-state index is -0.470. The van der Waals surface area contributed by atoms with Crippen molar-refractivity contribution in [2.75, 3.05) is 23.7 Å². The summed E-state index contributed by atoms with van der Waals surface area (Å²) in [6, 6.07) is 0.130. The second-order valence-electron chi connectivity index (χ2n) is 6.22. The van der Waals surface area contributed by atoms with Crippen molar-refractivity contribution in [3.05, 3.63) is 12.4 Å². The van der Waals surface area contributed by atoms with Crippen LogP contribution in [0.25, 0.3) is 0 Å². The van der Waals surface area contributed by atoms with Crippen LogP contribution in [-0.2, 0) is 4.74 Å². The molecule has 2 rings (SSSR count). The predicted molar refractivity (Wildman–Crippen MR) is 81.0 cm³/mol. The molecule has 0 aliphatic carbocycles. The van der Waals surface area contributed by atoms with Crippen LogP contribution in [-0.4, -0.2) is 40.8 Å². The number of hydrogen-bond donors (Lipinski definition) is 2. The molecular weight excluding hydrogens is 270 g/mol. The number of nitrogen functional groups attached to an aromatic ring is 1. The lowest BCUT2D eigenvalue weighted by Gasteiger charge is -2.32. The number of carbonyl (C=O) groups is 1. The molecule has 0 spiro atoms. The number of amides is 1. The zero-order valence-corrected chi connectivity index (χ0v) is 12.8. The first-order chi connectivity index (χ1) is 9.83. The molecule has 3 N–H and O–H groups in total. The van der Waals surface area contributed by atoms with Gasteiger partial charge in [0.05, 0.1) is 18.1 Å². The Morgan fingerprint density at radius 1 is 1.33 bits per heavy atom. The van der Waals surface area contributed by atoms with Crippen molar-refractivity contribution < 1.29 is 9.53 Å². The van der Waals surface area contributed by atoms with Gasteiger partial charge in [-0.25, -0.2) is 14.8 Å². The van der Waals surface area contributed by atoms with E-state index in [1.807, 2.05) is 20.8 Å². The highest BCUT2D eigenvalue weighted by atomic mass is 16.6. The molecule has 7 heteroatoms. The third-order valence-electron chi connectivity index (χ3n) is 3.16. The number of alkyl carbamates (subject to hydrolysis) is 1. The van der Waals surface area contributed by atoms with Crippen LogP contribution >= 0.6 is 0 Å². The number of nitrogens with zero attached hydrogens (tertiary/aromatic N) is 3. The van der Waals surface area contributed by atoms with Crippen LogP contribution in [0.2, 0.25) is 0 Å². The molecule has 0 saturated carbocycles. The van der Waals surface area contributed by atoms with E-state index in [1.165, 1.54) is 0 Å². The SMILES string of the molecule is CC(C)(C)OC(=O)NC1CCN(c2ncc(N)cn2)CC1. The highest BCUT2D eigenvalue weighted by Crippen LogP contribution is 2.17. The number of piperidine rings is 1. The highest BCUT2D eigenvalue weighted by Gasteiger charge is 2.24. The summed E-state index contributed by atoms with van der Waals surface area (Å²) in [5, 5.41) is 2.91. The first kappa shape index (κ1) is 15.3. The van der Waals surface area contributed by atoms with Gasteiger partial charge in [0, 0.05) is 19.1 Å². The number of hydrogen-bond acceptors (Lipinski definition) is 6. The molecule has 1 aliphatic heterocycles. The summed E-state index contributed by atoms with van der Waals surface area (Å²) >= 11 is 0. The maximum absolute atomic E-state index is 11.7. The Labute approximate surface area is 124 Å².